The SMILES string of the molecule is C=CC(=O)Nc1cccc(-c2cnc3[nH]cc(-c4cc(C)nc5[nH]ccc45)c3c2)c1. The highest BCUT2D eigenvalue weighted by atomic mass is 16.1. The molecule has 1 amide bonds. The molecule has 6 nitrogen and oxygen atoms in total. The molecule has 3 N–H and O–H groups in total. The molecule has 146 valence electrons. The first kappa shape index (κ1) is 17.9. The Morgan fingerprint density at radius 1 is 1.03 bits per heavy atom. The summed E-state index contributed by atoms with van der Waals surface area (Å²) in [5, 5.41) is 4.90. The van der Waals surface area contributed by atoms with Crippen LogP contribution in [0, 0.1) is 6.92 Å². The van der Waals surface area contributed by atoms with Gasteiger partial charge in [-0.15, -0.1) is 0 Å². The maximum Gasteiger partial charge on any atom is 0.247 e. The zero-order chi connectivity index (χ0) is 20.7. The molecule has 0 unspecified atom stereocenters. The first-order valence-electron chi connectivity index (χ1n) is 9.58. The average molecular weight is 393 g/mol. The second kappa shape index (κ2) is 7.00. The number of H-pyrrole nitrogens is 2. The Balaban J connectivity index is 1.64. The standard InChI is InChI=1S/C24H19N5O/c1-3-22(30)29-17-6-4-5-15(10-17)16-11-20-21(13-27-23(20)26-12-16)19-9-14(2)28-24-18(19)7-8-25-24/h3-13H,1H2,2H3,(H,25,28)(H,26,27)(H,29,30). The number of nitrogens with one attached hydrogen (secondary N) is 3. The Labute approximate surface area is 172 Å². The van der Waals surface area contributed by atoms with Gasteiger partial charge in [-0.25, -0.2) is 9.97 Å². The molecule has 0 saturated heterocycles. The fraction of sp³-hybridized carbons (Fsp3) is 0.0417. The number of hydrogen-bond donors (Lipinski definition) is 3. The Kier molecular flexibility index (Phi) is 4.17. The van der Waals surface area contributed by atoms with Gasteiger partial charge in [-0.05, 0) is 54.5 Å². The van der Waals surface area contributed by atoms with Crippen molar-refractivity contribution in [2.75, 3.05) is 5.32 Å². The number of aromatic nitrogens is 4. The number of carbonyl (C=O) groups excluding carboxylic acids is 1. The minimum absolute atomic E-state index is 0.239. The highest BCUT2D eigenvalue weighted by molar-refractivity contribution is 6.04. The largest absolute Gasteiger partial charge is 0.346 e. The van der Waals surface area contributed by atoms with Gasteiger partial charge in [0.15, 0.2) is 0 Å². The van der Waals surface area contributed by atoms with E-state index in [1.807, 2.05) is 55.8 Å². The summed E-state index contributed by atoms with van der Waals surface area (Å²) in [6, 6.07) is 13.9. The van der Waals surface area contributed by atoms with E-state index in [0.717, 1.165) is 50.0 Å². The van der Waals surface area contributed by atoms with Crippen molar-refractivity contribution in [1.82, 2.24) is 19.9 Å². The molecule has 6 heteroatoms. The Hall–Kier alpha value is -4.19. The van der Waals surface area contributed by atoms with Crippen LogP contribution >= 0.6 is 0 Å². The lowest BCUT2D eigenvalue weighted by molar-refractivity contribution is -0.111. The van der Waals surface area contributed by atoms with Crippen molar-refractivity contribution in [3.05, 3.63) is 79.4 Å². The molecule has 0 spiro atoms. The molecule has 5 aromatic rings. The average Bonchev–Trinajstić information content (AvgIpc) is 3.39. The summed E-state index contributed by atoms with van der Waals surface area (Å²) in [6.07, 6.45) is 6.98. The first-order chi connectivity index (χ1) is 14.6. The van der Waals surface area contributed by atoms with Crippen LogP contribution in [0.15, 0.2) is 73.7 Å². The van der Waals surface area contributed by atoms with Gasteiger partial charge in [0.2, 0.25) is 5.91 Å². The second-order valence-corrected chi connectivity index (χ2v) is 7.15. The van der Waals surface area contributed by atoms with Crippen LogP contribution in [0.4, 0.5) is 5.69 Å². The number of anilines is 1. The van der Waals surface area contributed by atoms with Crippen molar-refractivity contribution in [1.29, 1.82) is 0 Å². The summed E-state index contributed by atoms with van der Waals surface area (Å²) in [6.45, 7) is 5.49. The van der Waals surface area contributed by atoms with Crippen LogP contribution < -0.4 is 5.32 Å². The molecule has 0 radical (unpaired) electrons. The second-order valence-electron chi connectivity index (χ2n) is 7.15. The van der Waals surface area contributed by atoms with Crippen LogP contribution in [0.3, 0.4) is 0 Å². The third kappa shape index (κ3) is 3.04. The summed E-state index contributed by atoms with van der Waals surface area (Å²) >= 11 is 0. The number of amides is 1. The van der Waals surface area contributed by atoms with Gasteiger partial charge < -0.3 is 15.3 Å². The number of aromatic amines is 2. The molecule has 5 rings (SSSR count). The van der Waals surface area contributed by atoms with Crippen molar-refractivity contribution in [2.24, 2.45) is 0 Å². The van der Waals surface area contributed by atoms with E-state index in [2.05, 4.69) is 44.0 Å². The number of nitrogens with zero attached hydrogens (tertiary/aromatic N) is 2. The van der Waals surface area contributed by atoms with E-state index in [4.69, 9.17) is 0 Å². The zero-order valence-corrected chi connectivity index (χ0v) is 16.4. The van der Waals surface area contributed by atoms with Crippen molar-refractivity contribution in [3.63, 3.8) is 0 Å². The van der Waals surface area contributed by atoms with E-state index in [0.29, 0.717) is 5.69 Å². The van der Waals surface area contributed by atoms with E-state index < -0.39 is 0 Å². The summed E-state index contributed by atoms with van der Waals surface area (Å²) in [7, 11) is 0. The Bertz CT molecular complexity index is 1430. The quantitative estimate of drug-likeness (QED) is 0.367. The van der Waals surface area contributed by atoms with Gasteiger partial charge >= 0.3 is 0 Å². The van der Waals surface area contributed by atoms with Crippen LogP contribution in [-0.2, 0) is 4.79 Å². The van der Waals surface area contributed by atoms with Gasteiger partial charge in [-0.2, -0.15) is 0 Å². The van der Waals surface area contributed by atoms with Crippen molar-refractivity contribution < 1.29 is 4.79 Å². The van der Waals surface area contributed by atoms with Crippen molar-refractivity contribution in [2.45, 2.75) is 6.92 Å². The highest BCUT2D eigenvalue weighted by Crippen LogP contribution is 2.35. The third-order valence-corrected chi connectivity index (χ3v) is 5.13. The fourth-order valence-corrected chi connectivity index (χ4v) is 3.74. The summed E-state index contributed by atoms with van der Waals surface area (Å²) in [4.78, 5) is 27.3. The number of carbonyl (C=O) groups is 1. The van der Waals surface area contributed by atoms with E-state index in [-0.39, 0.29) is 5.91 Å². The van der Waals surface area contributed by atoms with Crippen LogP contribution in [0.1, 0.15) is 5.69 Å². The third-order valence-electron chi connectivity index (χ3n) is 5.13. The number of fused-ring (bicyclic) bond motifs is 2. The fourth-order valence-electron chi connectivity index (χ4n) is 3.74. The predicted molar refractivity (Wildman–Crippen MR) is 120 cm³/mol. The van der Waals surface area contributed by atoms with E-state index in [9.17, 15) is 4.79 Å². The van der Waals surface area contributed by atoms with Crippen molar-refractivity contribution in [3.8, 4) is 22.3 Å². The normalized spacial score (nSPS) is 11.1. The highest BCUT2D eigenvalue weighted by Gasteiger charge is 2.13. The Morgan fingerprint density at radius 2 is 1.93 bits per heavy atom. The van der Waals surface area contributed by atoms with Gasteiger partial charge in [0.1, 0.15) is 11.3 Å². The lowest BCUT2D eigenvalue weighted by atomic mass is 10.0. The minimum atomic E-state index is -0.239. The molecule has 0 saturated carbocycles. The topological polar surface area (TPSA) is 86.5 Å². The van der Waals surface area contributed by atoms with Crippen LogP contribution in [0.2, 0.25) is 0 Å². The molecule has 30 heavy (non-hydrogen) atoms. The van der Waals surface area contributed by atoms with Gasteiger partial charge in [0.25, 0.3) is 0 Å². The van der Waals surface area contributed by atoms with Gasteiger partial charge in [-0.3, -0.25) is 4.79 Å². The summed E-state index contributed by atoms with van der Waals surface area (Å²) < 4.78 is 0. The molecule has 0 aliphatic rings. The predicted octanol–water partition coefficient (Wildman–Crippen LogP) is 5.21. The molecule has 4 heterocycles. The number of pyridine rings is 2. The smallest absolute Gasteiger partial charge is 0.247 e. The number of benzene rings is 1. The molecular weight excluding hydrogens is 374 g/mol. The van der Waals surface area contributed by atoms with Crippen LogP contribution in [0.25, 0.3) is 44.3 Å². The lowest BCUT2D eigenvalue weighted by Crippen LogP contribution is -2.06. The molecule has 0 bridgehead atoms. The monoisotopic (exact) mass is 393 g/mol. The summed E-state index contributed by atoms with van der Waals surface area (Å²) in [5.41, 5.74) is 7.47. The molecule has 0 aliphatic heterocycles. The van der Waals surface area contributed by atoms with Crippen LogP contribution in [-0.4, -0.2) is 25.8 Å². The lowest BCUT2D eigenvalue weighted by Gasteiger charge is -2.07. The van der Waals surface area contributed by atoms with E-state index in [1.165, 1.54) is 6.08 Å². The molecule has 1 aromatic carbocycles. The molecule has 0 aliphatic carbocycles. The maximum absolute atomic E-state index is 11.6. The molecule has 0 atom stereocenters. The first-order valence-corrected chi connectivity index (χ1v) is 9.58. The van der Waals surface area contributed by atoms with Crippen molar-refractivity contribution >= 4 is 33.7 Å². The molecular formula is C24H19N5O. The number of hydrogen-bond acceptors (Lipinski definition) is 3. The summed E-state index contributed by atoms with van der Waals surface area (Å²) in [5.74, 6) is -0.239. The van der Waals surface area contributed by atoms with Gasteiger partial charge in [0.05, 0.1) is 0 Å². The molecule has 0 fully saturated rings. The minimum Gasteiger partial charge on any atom is -0.346 e. The van der Waals surface area contributed by atoms with Gasteiger partial charge in [0, 0.05) is 51.9 Å². The number of rotatable bonds is 4. The van der Waals surface area contributed by atoms with Gasteiger partial charge in [-0.1, -0.05) is 18.7 Å². The Morgan fingerprint density at radius 3 is 2.80 bits per heavy atom. The molecule has 4 aromatic heterocycles. The van der Waals surface area contributed by atoms with E-state index >= 15 is 0 Å². The zero-order valence-electron chi connectivity index (χ0n) is 16.4. The van der Waals surface area contributed by atoms with E-state index in [1.54, 1.807) is 0 Å². The number of aryl methyl sites for hydroxylation is 1. The maximum atomic E-state index is 11.6. The van der Waals surface area contributed by atoms with Crippen LogP contribution in [0.5, 0.6) is 0 Å².